The molecule has 0 unspecified atom stereocenters. The van der Waals surface area contributed by atoms with Gasteiger partial charge in [0.25, 0.3) is 0 Å². The van der Waals surface area contributed by atoms with Gasteiger partial charge < -0.3 is 9.64 Å². The van der Waals surface area contributed by atoms with Crippen LogP contribution in [0.4, 0.5) is 0 Å². The Balaban J connectivity index is 1.45. The van der Waals surface area contributed by atoms with Crippen molar-refractivity contribution in [3.8, 4) is 0 Å². The highest BCUT2D eigenvalue weighted by molar-refractivity contribution is 7.10. The summed E-state index contributed by atoms with van der Waals surface area (Å²) < 4.78 is 5.84. The molecule has 2 fully saturated rings. The van der Waals surface area contributed by atoms with Crippen molar-refractivity contribution in [1.82, 2.24) is 4.90 Å². The maximum Gasteiger partial charge on any atom is 0.246 e. The van der Waals surface area contributed by atoms with Gasteiger partial charge in [-0.25, -0.2) is 0 Å². The van der Waals surface area contributed by atoms with E-state index < -0.39 is 0 Å². The van der Waals surface area contributed by atoms with Crippen molar-refractivity contribution in [2.24, 2.45) is 5.92 Å². The highest BCUT2D eigenvalue weighted by Crippen LogP contribution is 2.30. The molecule has 0 N–H and O–H groups in total. The van der Waals surface area contributed by atoms with Crippen LogP contribution in [-0.4, -0.2) is 36.6 Å². The zero-order valence-electron chi connectivity index (χ0n) is 11.0. The molecule has 2 heterocycles. The molecule has 1 aliphatic carbocycles. The average molecular weight is 277 g/mol. The summed E-state index contributed by atoms with van der Waals surface area (Å²) in [6, 6.07) is 4.01. The van der Waals surface area contributed by atoms with Crippen molar-refractivity contribution >= 4 is 23.3 Å². The number of hydrogen-bond donors (Lipinski definition) is 0. The lowest BCUT2D eigenvalue weighted by Gasteiger charge is -2.14. The van der Waals surface area contributed by atoms with Gasteiger partial charge in [0.1, 0.15) is 0 Å². The fraction of sp³-hybridized carbons (Fsp3) is 0.533. The Bertz CT molecular complexity index is 451. The van der Waals surface area contributed by atoms with E-state index in [9.17, 15) is 4.79 Å². The Kier molecular flexibility index (Phi) is 3.99. The van der Waals surface area contributed by atoms with E-state index in [0.717, 1.165) is 36.9 Å². The minimum absolute atomic E-state index is 0.103. The van der Waals surface area contributed by atoms with Crippen LogP contribution in [0.5, 0.6) is 0 Å². The van der Waals surface area contributed by atoms with E-state index in [2.05, 4.69) is 0 Å². The van der Waals surface area contributed by atoms with Gasteiger partial charge in [-0.15, -0.1) is 11.3 Å². The molecule has 1 saturated heterocycles. The monoisotopic (exact) mass is 277 g/mol. The van der Waals surface area contributed by atoms with Gasteiger partial charge in [-0.1, -0.05) is 6.07 Å². The molecule has 1 amide bonds. The summed E-state index contributed by atoms with van der Waals surface area (Å²) in [6.45, 7) is 2.46. The summed E-state index contributed by atoms with van der Waals surface area (Å²) in [5, 5.41) is 2.02. The summed E-state index contributed by atoms with van der Waals surface area (Å²) in [6.07, 6.45) is 7.43. The highest BCUT2D eigenvalue weighted by atomic mass is 32.1. The standard InChI is InChI=1S/C15H19NO2S/c17-15(6-5-14-2-1-9-19-14)16-8-7-13(10-16)18-11-12-3-4-12/h1-2,5-6,9,12-13H,3-4,7-8,10-11H2/b6-5+/t13-/m0/s1. The lowest BCUT2D eigenvalue weighted by Crippen LogP contribution is -2.28. The number of likely N-dealkylation sites (tertiary alicyclic amines) is 1. The molecule has 102 valence electrons. The van der Waals surface area contributed by atoms with Gasteiger partial charge in [0, 0.05) is 30.6 Å². The van der Waals surface area contributed by atoms with Crippen LogP contribution in [0.1, 0.15) is 24.1 Å². The quantitative estimate of drug-likeness (QED) is 0.775. The first-order valence-electron chi connectivity index (χ1n) is 6.93. The number of hydrogen-bond acceptors (Lipinski definition) is 3. The van der Waals surface area contributed by atoms with Crippen LogP contribution in [-0.2, 0) is 9.53 Å². The van der Waals surface area contributed by atoms with Crippen LogP contribution in [0.15, 0.2) is 23.6 Å². The zero-order chi connectivity index (χ0) is 13.1. The molecule has 1 saturated carbocycles. The van der Waals surface area contributed by atoms with Crippen molar-refractivity contribution in [3.63, 3.8) is 0 Å². The topological polar surface area (TPSA) is 29.5 Å². The molecule has 1 aromatic rings. The maximum absolute atomic E-state index is 12.0. The fourth-order valence-electron chi connectivity index (χ4n) is 2.27. The van der Waals surface area contributed by atoms with Crippen molar-refractivity contribution < 1.29 is 9.53 Å². The predicted octanol–water partition coefficient (Wildman–Crippen LogP) is 2.79. The van der Waals surface area contributed by atoms with E-state index in [1.54, 1.807) is 17.4 Å². The summed E-state index contributed by atoms with van der Waals surface area (Å²) in [4.78, 5) is 15.0. The Morgan fingerprint density at radius 3 is 3.11 bits per heavy atom. The van der Waals surface area contributed by atoms with E-state index in [4.69, 9.17) is 4.74 Å². The van der Waals surface area contributed by atoms with E-state index >= 15 is 0 Å². The van der Waals surface area contributed by atoms with Crippen LogP contribution in [0.3, 0.4) is 0 Å². The van der Waals surface area contributed by atoms with Gasteiger partial charge in [-0.2, -0.15) is 0 Å². The van der Waals surface area contributed by atoms with Gasteiger partial charge >= 0.3 is 0 Å². The van der Waals surface area contributed by atoms with Crippen LogP contribution >= 0.6 is 11.3 Å². The average Bonchev–Trinajstić information content (AvgIpc) is 2.94. The molecule has 1 aromatic heterocycles. The molecule has 19 heavy (non-hydrogen) atoms. The zero-order valence-corrected chi connectivity index (χ0v) is 11.8. The largest absolute Gasteiger partial charge is 0.376 e. The van der Waals surface area contributed by atoms with E-state index in [0.29, 0.717) is 0 Å². The molecular formula is C15H19NO2S. The summed E-state index contributed by atoms with van der Waals surface area (Å²) >= 11 is 1.64. The molecule has 0 radical (unpaired) electrons. The van der Waals surface area contributed by atoms with Crippen molar-refractivity contribution in [3.05, 3.63) is 28.5 Å². The number of carbonyl (C=O) groups is 1. The van der Waals surface area contributed by atoms with Crippen molar-refractivity contribution in [1.29, 1.82) is 0 Å². The molecule has 3 rings (SSSR count). The lowest BCUT2D eigenvalue weighted by atomic mass is 10.3. The normalized spacial score (nSPS) is 23.4. The predicted molar refractivity (Wildman–Crippen MR) is 77.0 cm³/mol. The van der Waals surface area contributed by atoms with Crippen LogP contribution in [0, 0.1) is 5.92 Å². The number of rotatable bonds is 5. The molecule has 0 spiro atoms. The first-order valence-corrected chi connectivity index (χ1v) is 7.81. The molecule has 2 aliphatic rings. The van der Waals surface area contributed by atoms with Gasteiger partial charge in [0.05, 0.1) is 6.10 Å². The van der Waals surface area contributed by atoms with E-state index in [1.807, 2.05) is 28.5 Å². The van der Waals surface area contributed by atoms with Gasteiger partial charge in [-0.05, 0) is 42.7 Å². The van der Waals surface area contributed by atoms with E-state index in [-0.39, 0.29) is 12.0 Å². The maximum atomic E-state index is 12.0. The van der Waals surface area contributed by atoms with Crippen molar-refractivity contribution in [2.75, 3.05) is 19.7 Å². The summed E-state index contributed by atoms with van der Waals surface area (Å²) in [7, 11) is 0. The minimum atomic E-state index is 0.103. The number of nitrogens with zero attached hydrogens (tertiary/aromatic N) is 1. The molecule has 3 nitrogen and oxygen atoms in total. The molecule has 0 aromatic carbocycles. The summed E-state index contributed by atoms with van der Waals surface area (Å²) in [5.74, 6) is 0.898. The second-order valence-electron chi connectivity index (χ2n) is 5.32. The van der Waals surface area contributed by atoms with E-state index in [1.165, 1.54) is 12.8 Å². The first-order chi connectivity index (χ1) is 9.31. The summed E-state index contributed by atoms with van der Waals surface area (Å²) in [5.41, 5.74) is 0. The SMILES string of the molecule is O=C(/C=C/c1cccs1)N1CC[C@H](OCC2CC2)C1. The number of amides is 1. The number of ether oxygens (including phenoxy) is 1. The van der Waals surface area contributed by atoms with Gasteiger partial charge in [-0.3, -0.25) is 4.79 Å². The molecule has 1 aliphatic heterocycles. The van der Waals surface area contributed by atoms with Crippen LogP contribution in [0.2, 0.25) is 0 Å². The van der Waals surface area contributed by atoms with Gasteiger partial charge in [0.15, 0.2) is 0 Å². The molecule has 0 bridgehead atoms. The lowest BCUT2D eigenvalue weighted by molar-refractivity contribution is -0.125. The molecular weight excluding hydrogens is 258 g/mol. The van der Waals surface area contributed by atoms with Crippen LogP contribution in [0.25, 0.3) is 6.08 Å². The van der Waals surface area contributed by atoms with Crippen molar-refractivity contribution in [2.45, 2.75) is 25.4 Å². The third kappa shape index (κ3) is 3.67. The van der Waals surface area contributed by atoms with Gasteiger partial charge in [0.2, 0.25) is 5.91 Å². The minimum Gasteiger partial charge on any atom is -0.376 e. The Labute approximate surface area is 117 Å². The third-order valence-corrected chi connectivity index (χ3v) is 4.49. The number of thiophene rings is 1. The number of carbonyl (C=O) groups excluding carboxylic acids is 1. The van der Waals surface area contributed by atoms with Crippen LogP contribution < -0.4 is 0 Å². The highest BCUT2D eigenvalue weighted by Gasteiger charge is 2.28. The Morgan fingerprint density at radius 1 is 1.47 bits per heavy atom. The first kappa shape index (κ1) is 12.9. The Hall–Kier alpha value is -1.13. The second kappa shape index (κ2) is 5.88. The third-order valence-electron chi connectivity index (χ3n) is 3.65. The smallest absolute Gasteiger partial charge is 0.246 e. The molecule has 1 atom stereocenters. The second-order valence-corrected chi connectivity index (χ2v) is 6.30. The Morgan fingerprint density at radius 2 is 2.37 bits per heavy atom. The fourth-order valence-corrected chi connectivity index (χ4v) is 2.88. The molecule has 4 heteroatoms.